The summed E-state index contributed by atoms with van der Waals surface area (Å²) >= 11 is 9.61. The number of benzene rings is 1. The van der Waals surface area contributed by atoms with Crippen molar-refractivity contribution in [1.82, 2.24) is 15.5 Å². The van der Waals surface area contributed by atoms with Crippen LogP contribution in [0.4, 0.5) is 5.82 Å². The quantitative estimate of drug-likeness (QED) is 0.688. The molecule has 0 aliphatic carbocycles. The maximum Gasteiger partial charge on any atom is 0.227 e. The number of aromatic amines is 1. The fraction of sp³-hybridized carbons (Fsp3) is 0.333. The average Bonchev–Trinajstić information content (AvgIpc) is 2.98. The third-order valence-electron chi connectivity index (χ3n) is 3.49. The first-order valence-corrected chi connectivity index (χ1v) is 8.41. The molecule has 0 radical (unpaired) electrons. The monoisotopic (exact) mass is 434 g/mol. The zero-order chi connectivity index (χ0) is 16.2. The third kappa shape index (κ3) is 4.94. The topological polar surface area (TPSA) is 79.0 Å². The average molecular weight is 436 g/mol. The lowest BCUT2D eigenvalue weighted by atomic mass is 10.1. The number of rotatable bonds is 4. The van der Waals surface area contributed by atoms with E-state index in [1.165, 1.54) is 0 Å². The maximum absolute atomic E-state index is 12.1. The lowest BCUT2D eigenvalue weighted by Gasteiger charge is -2.22. The molecule has 0 saturated carbocycles. The normalized spacial score (nSPS) is 17.2. The van der Waals surface area contributed by atoms with Gasteiger partial charge in [-0.3, -0.25) is 9.89 Å². The Morgan fingerprint density at radius 2 is 2.29 bits per heavy atom. The summed E-state index contributed by atoms with van der Waals surface area (Å²) in [5.41, 5.74) is 1.56. The number of carbonyl (C=O) groups is 1. The summed E-state index contributed by atoms with van der Waals surface area (Å²) in [5.74, 6) is 0.365. The molecular formula is C15H17BrCl2N4O2. The van der Waals surface area contributed by atoms with Gasteiger partial charge in [0.25, 0.3) is 0 Å². The van der Waals surface area contributed by atoms with Gasteiger partial charge in [0, 0.05) is 35.1 Å². The Kier molecular flexibility index (Phi) is 7.06. The molecule has 3 rings (SSSR count). The van der Waals surface area contributed by atoms with Crippen LogP contribution in [0.1, 0.15) is 6.42 Å². The molecule has 0 spiro atoms. The Hall–Kier alpha value is -1.12. The molecule has 6 nitrogen and oxygen atoms in total. The molecule has 1 unspecified atom stereocenters. The van der Waals surface area contributed by atoms with Gasteiger partial charge in [-0.1, -0.05) is 27.5 Å². The van der Waals surface area contributed by atoms with Crippen LogP contribution in [0.25, 0.3) is 11.3 Å². The number of hydrogen-bond donors (Lipinski definition) is 3. The summed E-state index contributed by atoms with van der Waals surface area (Å²) in [6, 6.07) is 7.36. The number of aromatic nitrogens is 2. The Labute approximate surface area is 159 Å². The van der Waals surface area contributed by atoms with Crippen molar-refractivity contribution in [1.29, 1.82) is 0 Å². The lowest BCUT2D eigenvalue weighted by Crippen LogP contribution is -2.43. The first-order valence-electron chi connectivity index (χ1n) is 7.23. The van der Waals surface area contributed by atoms with Crippen LogP contribution in [0.15, 0.2) is 28.7 Å². The Bertz CT molecular complexity index is 705. The Morgan fingerprint density at radius 3 is 3.04 bits per heavy atom. The predicted molar refractivity (Wildman–Crippen MR) is 99.8 cm³/mol. The number of morpholine rings is 1. The fourth-order valence-electron chi connectivity index (χ4n) is 2.40. The molecule has 1 amide bonds. The summed E-state index contributed by atoms with van der Waals surface area (Å²) in [5, 5.41) is 13.6. The minimum absolute atomic E-state index is 0. The van der Waals surface area contributed by atoms with E-state index in [0.717, 1.165) is 22.3 Å². The highest BCUT2D eigenvalue weighted by atomic mass is 79.9. The van der Waals surface area contributed by atoms with Crippen LogP contribution >= 0.6 is 39.9 Å². The molecule has 1 aliphatic rings. The second kappa shape index (κ2) is 8.82. The number of H-pyrrole nitrogens is 1. The highest BCUT2D eigenvalue weighted by molar-refractivity contribution is 9.10. The van der Waals surface area contributed by atoms with E-state index in [2.05, 4.69) is 36.8 Å². The molecule has 1 aromatic carbocycles. The SMILES string of the molecule is Cl.O=C(CC1COCCN1)Nc1cc(-c2cc(Br)ccc2Cl)[nH]n1. The van der Waals surface area contributed by atoms with Gasteiger partial charge < -0.3 is 15.4 Å². The van der Waals surface area contributed by atoms with E-state index in [1.807, 2.05) is 12.1 Å². The van der Waals surface area contributed by atoms with E-state index in [0.29, 0.717) is 30.5 Å². The lowest BCUT2D eigenvalue weighted by molar-refractivity contribution is -0.117. The van der Waals surface area contributed by atoms with Crippen molar-refractivity contribution in [3.05, 3.63) is 33.8 Å². The van der Waals surface area contributed by atoms with E-state index in [4.69, 9.17) is 16.3 Å². The molecular weight excluding hydrogens is 419 g/mol. The minimum atomic E-state index is -0.105. The van der Waals surface area contributed by atoms with E-state index < -0.39 is 0 Å². The second-order valence-corrected chi connectivity index (χ2v) is 6.59. The van der Waals surface area contributed by atoms with Crippen molar-refractivity contribution in [3.8, 4) is 11.3 Å². The first kappa shape index (κ1) is 19.2. The number of ether oxygens (including phenoxy) is 1. The smallest absolute Gasteiger partial charge is 0.227 e. The zero-order valence-electron chi connectivity index (χ0n) is 12.6. The molecule has 1 aliphatic heterocycles. The molecule has 1 fully saturated rings. The van der Waals surface area contributed by atoms with Crippen molar-refractivity contribution >= 4 is 51.7 Å². The van der Waals surface area contributed by atoms with E-state index in [9.17, 15) is 4.79 Å². The van der Waals surface area contributed by atoms with Crippen LogP contribution in [0.5, 0.6) is 0 Å². The van der Waals surface area contributed by atoms with Crippen molar-refractivity contribution in [2.24, 2.45) is 0 Å². The largest absolute Gasteiger partial charge is 0.378 e. The first-order chi connectivity index (χ1) is 11.1. The summed E-state index contributed by atoms with van der Waals surface area (Å²) in [4.78, 5) is 12.1. The van der Waals surface area contributed by atoms with Gasteiger partial charge in [0.1, 0.15) is 0 Å². The van der Waals surface area contributed by atoms with Gasteiger partial charge in [-0.15, -0.1) is 12.4 Å². The molecule has 9 heteroatoms. The molecule has 24 heavy (non-hydrogen) atoms. The number of nitrogens with zero attached hydrogens (tertiary/aromatic N) is 1. The van der Waals surface area contributed by atoms with Crippen LogP contribution in [0.3, 0.4) is 0 Å². The Morgan fingerprint density at radius 1 is 1.46 bits per heavy atom. The Balaban J connectivity index is 0.00000208. The van der Waals surface area contributed by atoms with Gasteiger partial charge in [-0.05, 0) is 18.2 Å². The van der Waals surface area contributed by atoms with Crippen molar-refractivity contribution < 1.29 is 9.53 Å². The zero-order valence-corrected chi connectivity index (χ0v) is 15.8. The van der Waals surface area contributed by atoms with E-state index in [1.54, 1.807) is 12.1 Å². The van der Waals surface area contributed by atoms with Crippen LogP contribution in [0, 0.1) is 0 Å². The van der Waals surface area contributed by atoms with Crippen LogP contribution in [0.2, 0.25) is 5.02 Å². The fourth-order valence-corrected chi connectivity index (χ4v) is 2.98. The summed E-state index contributed by atoms with van der Waals surface area (Å²) in [7, 11) is 0. The highest BCUT2D eigenvalue weighted by Crippen LogP contribution is 2.30. The number of carbonyl (C=O) groups excluding carboxylic acids is 1. The summed E-state index contributed by atoms with van der Waals surface area (Å²) < 4.78 is 6.25. The van der Waals surface area contributed by atoms with E-state index >= 15 is 0 Å². The molecule has 130 valence electrons. The van der Waals surface area contributed by atoms with Crippen molar-refractivity contribution in [2.75, 3.05) is 25.1 Å². The highest BCUT2D eigenvalue weighted by Gasteiger charge is 2.17. The van der Waals surface area contributed by atoms with Crippen molar-refractivity contribution in [2.45, 2.75) is 12.5 Å². The van der Waals surface area contributed by atoms with Crippen LogP contribution < -0.4 is 10.6 Å². The molecule has 1 saturated heterocycles. The standard InChI is InChI=1S/C15H16BrClN4O2.ClH/c16-9-1-2-12(17)11(5-9)13-7-14(21-20-13)19-15(22)6-10-8-23-4-3-18-10;/h1-2,5,7,10,18H,3-4,6,8H2,(H2,19,20,21,22);1H. The maximum atomic E-state index is 12.1. The van der Waals surface area contributed by atoms with Gasteiger partial charge in [0.15, 0.2) is 5.82 Å². The summed E-state index contributed by atoms with van der Waals surface area (Å²) in [6.45, 7) is 2.01. The van der Waals surface area contributed by atoms with Gasteiger partial charge >= 0.3 is 0 Å². The number of nitrogens with one attached hydrogen (secondary N) is 3. The van der Waals surface area contributed by atoms with Gasteiger partial charge in [-0.25, -0.2) is 0 Å². The van der Waals surface area contributed by atoms with Crippen LogP contribution in [-0.2, 0) is 9.53 Å². The molecule has 2 aromatic rings. The predicted octanol–water partition coefficient (Wildman–Crippen LogP) is 3.23. The second-order valence-electron chi connectivity index (χ2n) is 5.27. The molecule has 0 bridgehead atoms. The van der Waals surface area contributed by atoms with Gasteiger partial charge in [0.2, 0.25) is 5.91 Å². The van der Waals surface area contributed by atoms with E-state index in [-0.39, 0.29) is 24.4 Å². The molecule has 3 N–H and O–H groups in total. The molecule has 1 atom stereocenters. The number of anilines is 1. The number of amides is 1. The molecule has 1 aromatic heterocycles. The van der Waals surface area contributed by atoms with Crippen LogP contribution in [-0.4, -0.2) is 41.9 Å². The molecule has 2 heterocycles. The minimum Gasteiger partial charge on any atom is -0.378 e. The number of halogens is 3. The summed E-state index contributed by atoms with van der Waals surface area (Å²) in [6.07, 6.45) is 0.347. The number of hydrogen-bond acceptors (Lipinski definition) is 4. The van der Waals surface area contributed by atoms with Crippen molar-refractivity contribution in [3.63, 3.8) is 0 Å². The van der Waals surface area contributed by atoms with Gasteiger partial charge in [0.05, 0.1) is 23.9 Å². The van der Waals surface area contributed by atoms with Gasteiger partial charge in [-0.2, -0.15) is 5.10 Å². The third-order valence-corrected chi connectivity index (χ3v) is 4.32.